The Hall–Kier alpha value is -8.10. The van der Waals surface area contributed by atoms with Crippen LogP contribution in [0, 0.1) is 10.1 Å². The summed E-state index contributed by atoms with van der Waals surface area (Å²) in [5.41, 5.74) is -4.59. The number of hydrogen-bond acceptors (Lipinski definition) is 29. The van der Waals surface area contributed by atoms with Gasteiger partial charge in [-0.3, -0.25) is 39.0 Å². The van der Waals surface area contributed by atoms with Crippen molar-refractivity contribution in [3.05, 3.63) is 91.3 Å². The van der Waals surface area contributed by atoms with Crippen LogP contribution in [0.4, 0.5) is 10.5 Å². The Kier molecular flexibility index (Phi) is 22.6. The highest BCUT2D eigenvalue weighted by atomic mass is 16.7. The van der Waals surface area contributed by atoms with Crippen LogP contribution in [0.15, 0.2) is 36.5 Å². The number of ketones is 3. The molecule has 34 heteroatoms. The fourth-order valence-electron chi connectivity index (χ4n) is 11.8. The largest absolute Gasteiger partial charge is 0.507 e. The van der Waals surface area contributed by atoms with Crippen LogP contribution in [0.1, 0.15) is 99.5 Å². The van der Waals surface area contributed by atoms with Gasteiger partial charge in [0.1, 0.15) is 72.7 Å². The maximum absolute atomic E-state index is 14.2. The first-order chi connectivity index (χ1) is 44.5. The van der Waals surface area contributed by atoms with Crippen molar-refractivity contribution in [1.29, 1.82) is 0 Å². The molecule has 3 fully saturated rings. The molecule has 12 atom stereocenters. The SMILES string of the molecule is COc1cc(C(C)OC(=O)N2CO[C@@H]3[C@H](C)O[C@@H](O[C@H]4C[C@](O)(C(=O)CO)Cc5c(O)c6c(c(O)c54)C(=O)c4c(OC)cccc4C6=O)C[C@@H]32)c([N+](=O)[O-])cc1OCC(=O)NCCOCCOCCOCCn1cc(CCC(=O)N[C@@H]2[C@@H](O)[C@H](O)[C@@H](CO)O[C@H]2O)nn1. The van der Waals surface area contributed by atoms with Gasteiger partial charge in [0.25, 0.3) is 11.6 Å². The van der Waals surface area contributed by atoms with E-state index >= 15 is 0 Å². The molecule has 4 aromatic rings. The van der Waals surface area contributed by atoms with Gasteiger partial charge in [-0.05, 0) is 26.0 Å². The number of rotatable bonds is 29. The fourth-order valence-corrected chi connectivity index (χ4v) is 11.8. The average Bonchev–Trinajstić information content (AvgIpc) is 1.27. The number of benzene rings is 3. The monoisotopic (exact) mass is 1310 g/mol. The van der Waals surface area contributed by atoms with Crippen LogP contribution in [0.25, 0.3) is 0 Å². The van der Waals surface area contributed by atoms with E-state index in [9.17, 15) is 79.7 Å². The summed E-state index contributed by atoms with van der Waals surface area (Å²) in [5, 5.41) is 111. The zero-order chi connectivity index (χ0) is 67.0. The Morgan fingerprint density at radius 2 is 1.60 bits per heavy atom. The number of nitrogens with one attached hydrogen (secondary N) is 2. The third-order valence-electron chi connectivity index (χ3n) is 16.5. The number of aromatic nitrogens is 3. The third-order valence-corrected chi connectivity index (χ3v) is 16.5. The number of hydrogen-bond donors (Lipinski definition) is 10. The van der Waals surface area contributed by atoms with Crippen molar-refractivity contribution in [2.45, 2.75) is 125 Å². The maximum Gasteiger partial charge on any atom is 0.412 e. The van der Waals surface area contributed by atoms with E-state index in [0.29, 0.717) is 12.2 Å². The van der Waals surface area contributed by atoms with Gasteiger partial charge in [0.2, 0.25) is 11.7 Å². The zero-order valence-electron chi connectivity index (χ0n) is 50.9. The van der Waals surface area contributed by atoms with Crippen molar-refractivity contribution in [3.8, 4) is 28.7 Å². The number of nitro groups is 1. The molecule has 3 aliphatic heterocycles. The van der Waals surface area contributed by atoms with E-state index in [1.54, 1.807) is 13.1 Å². The molecule has 3 amide bonds. The Balaban J connectivity index is 0.708. The third kappa shape index (κ3) is 15.1. The molecule has 10 N–H and O–H groups in total. The Labute approximate surface area is 529 Å². The molecule has 4 heterocycles. The Bertz CT molecular complexity index is 3420. The van der Waals surface area contributed by atoms with Crippen LogP contribution in [-0.2, 0) is 71.7 Å². The number of amides is 3. The molecule has 506 valence electrons. The van der Waals surface area contributed by atoms with Crippen LogP contribution in [0.3, 0.4) is 0 Å². The number of phenols is 2. The second-order valence-electron chi connectivity index (χ2n) is 22.4. The molecule has 3 aromatic carbocycles. The van der Waals surface area contributed by atoms with Crippen molar-refractivity contribution in [2.75, 3.05) is 87.0 Å². The molecular formula is C59H73N7O27. The first-order valence-electron chi connectivity index (χ1n) is 29.6. The standard InChI is InChI=1S/C59H73N7O27/c1-28(91-58(79)65-27-89-56-29(2)90-44(20-35(56)65)92-39-22-59(80,41(69)25-68)21-33-46(39)54(76)48-47(51(33)73)50(72)31-6-5-7-36(83-3)45(31)53(48)75)32-18-37(84-4)38(19-34(32)66(81)82)88-26-43(71)60-10-12-85-14-16-87-17-15-86-13-11-64-23-30(62-63-64)8-9-42(70)61-49-55(77)52(74)40(24-67)93-57(49)78/h5-7,18-19,23,28-29,35,39-40,44,49,52,55-57,67-68,73-74,76-78,80H,8-17,20-22,24-27H2,1-4H3,(H,60,71)(H,61,70)/t28?,29-,35-,39-,40+,44-,49+,52+,55+,56+,57+,59-/m0/s1. The van der Waals surface area contributed by atoms with Gasteiger partial charge in [0, 0.05) is 61.5 Å². The number of phenolic OH excluding ortho intramolecular Hbond substituents is 2. The smallest absolute Gasteiger partial charge is 0.412 e. The quantitative estimate of drug-likeness (QED) is 0.0117. The summed E-state index contributed by atoms with van der Waals surface area (Å²) in [5.74, 6) is -5.72. The lowest BCUT2D eigenvalue weighted by atomic mass is 9.72. The van der Waals surface area contributed by atoms with Crippen molar-refractivity contribution < 1.29 is 127 Å². The van der Waals surface area contributed by atoms with E-state index in [2.05, 4.69) is 20.9 Å². The molecule has 3 saturated heterocycles. The number of nitro benzene ring substituents is 1. The first-order valence-corrected chi connectivity index (χ1v) is 29.6. The summed E-state index contributed by atoms with van der Waals surface area (Å²) in [6.45, 7) is 2.06. The lowest BCUT2D eigenvalue weighted by Crippen LogP contribution is -2.64. The predicted octanol–water partition coefficient (Wildman–Crippen LogP) is -1.16. The molecule has 0 saturated carbocycles. The molecule has 1 aromatic heterocycles. The number of aryl methyl sites for hydroxylation is 1. The number of aliphatic hydroxyl groups excluding tert-OH is 5. The van der Waals surface area contributed by atoms with Gasteiger partial charge in [-0.1, -0.05) is 17.3 Å². The first kappa shape index (κ1) is 69.2. The molecule has 1 unspecified atom stereocenters. The molecule has 93 heavy (non-hydrogen) atoms. The second-order valence-corrected chi connectivity index (χ2v) is 22.4. The number of carbonyl (C=O) groups is 6. The summed E-state index contributed by atoms with van der Waals surface area (Å²) in [6.07, 6.45) is -12.4. The van der Waals surface area contributed by atoms with E-state index in [-0.39, 0.29) is 117 Å². The van der Waals surface area contributed by atoms with Crippen LogP contribution in [0.2, 0.25) is 0 Å². The summed E-state index contributed by atoms with van der Waals surface area (Å²) in [7, 11) is 2.54. The second kappa shape index (κ2) is 30.3. The summed E-state index contributed by atoms with van der Waals surface area (Å²) < 4.78 is 64.0. The van der Waals surface area contributed by atoms with E-state index in [1.165, 1.54) is 55.0 Å². The van der Waals surface area contributed by atoms with Gasteiger partial charge in [-0.2, -0.15) is 0 Å². The van der Waals surface area contributed by atoms with Gasteiger partial charge < -0.3 is 104 Å². The minimum absolute atomic E-state index is 0.0173. The highest BCUT2D eigenvalue weighted by Crippen LogP contribution is 2.53. The number of methoxy groups -OCH3 is 2. The number of aliphatic hydroxyl groups is 6. The number of ether oxygens (including phenoxy) is 11. The van der Waals surface area contributed by atoms with Gasteiger partial charge >= 0.3 is 6.09 Å². The number of nitrogens with zero attached hydrogens (tertiary/aromatic N) is 5. The van der Waals surface area contributed by atoms with Gasteiger partial charge in [-0.15, -0.1) is 5.10 Å². The highest BCUT2D eigenvalue weighted by molar-refractivity contribution is 6.31. The van der Waals surface area contributed by atoms with Crippen molar-refractivity contribution in [3.63, 3.8) is 0 Å². The molecule has 2 aliphatic carbocycles. The van der Waals surface area contributed by atoms with Crippen LogP contribution in [-0.4, -0.2) is 249 Å². The van der Waals surface area contributed by atoms with E-state index < -0.39 is 174 Å². The van der Waals surface area contributed by atoms with Crippen molar-refractivity contribution in [2.24, 2.45) is 0 Å². The van der Waals surface area contributed by atoms with Crippen LogP contribution in [0.5, 0.6) is 28.7 Å². The van der Waals surface area contributed by atoms with E-state index in [0.717, 1.165) is 6.07 Å². The van der Waals surface area contributed by atoms with Gasteiger partial charge in [0.15, 0.2) is 42.3 Å². The Morgan fingerprint density at radius 1 is 0.892 bits per heavy atom. The average molecular weight is 1310 g/mol. The summed E-state index contributed by atoms with van der Waals surface area (Å²) in [4.78, 5) is 93.5. The van der Waals surface area contributed by atoms with Crippen LogP contribution >= 0.6 is 0 Å². The fraction of sp³-hybridized carbons (Fsp3) is 0.559. The summed E-state index contributed by atoms with van der Waals surface area (Å²) in [6, 6.07) is 4.32. The molecule has 5 aliphatic rings. The molecule has 34 nitrogen and oxygen atoms in total. The molecule has 0 radical (unpaired) electrons. The summed E-state index contributed by atoms with van der Waals surface area (Å²) >= 11 is 0. The zero-order valence-corrected chi connectivity index (χ0v) is 50.9. The lowest BCUT2D eigenvalue weighted by molar-refractivity contribution is -0.386. The lowest BCUT2D eigenvalue weighted by Gasteiger charge is -2.42. The van der Waals surface area contributed by atoms with E-state index in [4.69, 9.17) is 52.1 Å². The number of aromatic hydroxyl groups is 2. The van der Waals surface area contributed by atoms with Crippen molar-refractivity contribution in [1.82, 2.24) is 30.5 Å². The maximum atomic E-state index is 14.2. The molecular weight excluding hydrogens is 1240 g/mol. The molecule has 0 spiro atoms. The number of fused-ring (bicyclic) bond motifs is 4. The normalized spacial score (nSPS) is 25.0. The van der Waals surface area contributed by atoms with Crippen LogP contribution < -0.4 is 24.8 Å². The minimum atomic E-state index is -2.43. The topological polar surface area (TPSA) is 467 Å². The minimum Gasteiger partial charge on any atom is -0.507 e. The van der Waals surface area contributed by atoms with Gasteiger partial charge in [0.05, 0.1) is 124 Å². The number of Topliss-reactive ketones (excluding diaryl/α,β-unsaturated/α-hetero) is 1. The molecule has 9 rings (SSSR count). The predicted molar refractivity (Wildman–Crippen MR) is 309 cm³/mol. The van der Waals surface area contributed by atoms with Crippen molar-refractivity contribution >= 4 is 40.9 Å². The Morgan fingerprint density at radius 3 is 2.30 bits per heavy atom. The number of carbonyl (C=O) groups excluding carboxylic acids is 6. The highest BCUT2D eigenvalue weighted by Gasteiger charge is 2.53. The molecule has 0 bridgehead atoms. The van der Waals surface area contributed by atoms with Gasteiger partial charge in [-0.25, -0.2) is 9.48 Å². The van der Waals surface area contributed by atoms with E-state index in [1.807, 2.05) is 0 Å².